The summed E-state index contributed by atoms with van der Waals surface area (Å²) in [5, 5.41) is 4.19. The lowest BCUT2D eigenvalue weighted by Gasteiger charge is -2.16. The van der Waals surface area contributed by atoms with Gasteiger partial charge in [0.1, 0.15) is 4.90 Å². The standard InChI is InChI=1S/C16H23N3O2S/c1-6-11(2)14-9-7-8-10-15(14)18-22(20,21)16-12(3)17-19(5)13(16)4/h7-11,18H,6H2,1-5H3. The topological polar surface area (TPSA) is 64.0 Å². The van der Waals surface area contributed by atoms with Gasteiger partial charge in [-0.15, -0.1) is 0 Å². The van der Waals surface area contributed by atoms with Gasteiger partial charge in [-0.1, -0.05) is 32.0 Å². The Hall–Kier alpha value is -1.82. The van der Waals surface area contributed by atoms with Crippen LogP contribution in [0.4, 0.5) is 5.69 Å². The van der Waals surface area contributed by atoms with Crippen molar-refractivity contribution in [2.75, 3.05) is 4.72 Å². The van der Waals surface area contributed by atoms with E-state index in [0.717, 1.165) is 12.0 Å². The van der Waals surface area contributed by atoms with Crippen LogP contribution in [0.25, 0.3) is 0 Å². The van der Waals surface area contributed by atoms with E-state index in [4.69, 9.17) is 0 Å². The maximum Gasteiger partial charge on any atom is 0.265 e. The highest BCUT2D eigenvalue weighted by Crippen LogP contribution is 2.29. The van der Waals surface area contributed by atoms with Gasteiger partial charge >= 0.3 is 0 Å². The van der Waals surface area contributed by atoms with Crippen LogP contribution in [0.2, 0.25) is 0 Å². The number of benzene rings is 1. The highest BCUT2D eigenvalue weighted by Gasteiger charge is 2.25. The zero-order valence-electron chi connectivity index (χ0n) is 13.7. The molecule has 1 N–H and O–H groups in total. The van der Waals surface area contributed by atoms with Gasteiger partial charge in [0.2, 0.25) is 0 Å². The maximum atomic E-state index is 12.8. The van der Waals surface area contributed by atoms with Crippen molar-refractivity contribution in [3.05, 3.63) is 41.2 Å². The minimum atomic E-state index is -3.65. The van der Waals surface area contributed by atoms with E-state index in [1.807, 2.05) is 18.2 Å². The van der Waals surface area contributed by atoms with Crippen molar-refractivity contribution in [1.82, 2.24) is 9.78 Å². The fraction of sp³-hybridized carbons (Fsp3) is 0.438. The summed E-state index contributed by atoms with van der Waals surface area (Å²) >= 11 is 0. The minimum Gasteiger partial charge on any atom is -0.279 e. The van der Waals surface area contributed by atoms with Gasteiger partial charge in [0.05, 0.1) is 17.1 Å². The third-order valence-corrected chi connectivity index (χ3v) is 5.68. The maximum absolute atomic E-state index is 12.8. The molecule has 0 amide bonds. The number of hydrogen-bond donors (Lipinski definition) is 1. The normalized spacial score (nSPS) is 13.1. The zero-order valence-corrected chi connectivity index (χ0v) is 14.5. The minimum absolute atomic E-state index is 0.258. The molecule has 1 aromatic carbocycles. The Morgan fingerprint density at radius 3 is 2.45 bits per heavy atom. The number of aryl methyl sites for hydroxylation is 2. The van der Waals surface area contributed by atoms with E-state index in [-0.39, 0.29) is 10.8 Å². The lowest BCUT2D eigenvalue weighted by atomic mass is 9.97. The monoisotopic (exact) mass is 321 g/mol. The second-order valence-corrected chi connectivity index (χ2v) is 7.24. The molecular formula is C16H23N3O2S. The Kier molecular flexibility index (Phi) is 4.60. The SMILES string of the molecule is CCC(C)c1ccccc1NS(=O)(=O)c1c(C)nn(C)c1C. The highest BCUT2D eigenvalue weighted by molar-refractivity contribution is 7.92. The van der Waals surface area contributed by atoms with Gasteiger partial charge in [-0.2, -0.15) is 5.10 Å². The van der Waals surface area contributed by atoms with Gasteiger partial charge in [-0.3, -0.25) is 9.40 Å². The van der Waals surface area contributed by atoms with E-state index in [0.29, 0.717) is 17.1 Å². The molecule has 0 aliphatic heterocycles. The van der Waals surface area contributed by atoms with Crippen LogP contribution in [0.15, 0.2) is 29.2 Å². The first-order valence-corrected chi connectivity index (χ1v) is 8.88. The average molecular weight is 321 g/mol. The van der Waals surface area contributed by atoms with Crippen molar-refractivity contribution < 1.29 is 8.42 Å². The number of aromatic nitrogens is 2. The number of rotatable bonds is 5. The molecule has 2 rings (SSSR count). The summed E-state index contributed by atoms with van der Waals surface area (Å²) < 4.78 is 29.8. The summed E-state index contributed by atoms with van der Waals surface area (Å²) in [6.07, 6.45) is 0.948. The van der Waals surface area contributed by atoms with Crippen LogP contribution in [-0.4, -0.2) is 18.2 Å². The molecular weight excluding hydrogens is 298 g/mol. The van der Waals surface area contributed by atoms with Crippen molar-refractivity contribution in [1.29, 1.82) is 0 Å². The second kappa shape index (κ2) is 6.12. The molecule has 0 saturated heterocycles. The first kappa shape index (κ1) is 16.5. The lowest BCUT2D eigenvalue weighted by molar-refractivity contribution is 0.599. The predicted octanol–water partition coefficient (Wildman–Crippen LogP) is 3.35. The van der Waals surface area contributed by atoms with Crippen LogP contribution in [0.5, 0.6) is 0 Å². The van der Waals surface area contributed by atoms with E-state index in [9.17, 15) is 8.42 Å². The summed E-state index contributed by atoms with van der Waals surface area (Å²) in [6, 6.07) is 7.54. The van der Waals surface area contributed by atoms with Gasteiger partial charge in [0.25, 0.3) is 10.0 Å². The largest absolute Gasteiger partial charge is 0.279 e. The Morgan fingerprint density at radius 2 is 1.91 bits per heavy atom. The first-order valence-electron chi connectivity index (χ1n) is 7.39. The molecule has 1 aromatic heterocycles. The van der Waals surface area contributed by atoms with E-state index in [1.54, 1.807) is 31.6 Å². The Morgan fingerprint density at radius 1 is 1.27 bits per heavy atom. The fourth-order valence-corrected chi connectivity index (χ4v) is 4.11. The predicted molar refractivity (Wildman–Crippen MR) is 88.6 cm³/mol. The van der Waals surface area contributed by atoms with Crippen LogP contribution in [0, 0.1) is 13.8 Å². The Balaban J connectivity index is 2.46. The molecule has 6 heteroatoms. The van der Waals surface area contributed by atoms with E-state index >= 15 is 0 Å². The van der Waals surface area contributed by atoms with Crippen LogP contribution >= 0.6 is 0 Å². The van der Waals surface area contributed by atoms with Gasteiger partial charge in [0.15, 0.2) is 0 Å². The van der Waals surface area contributed by atoms with Crippen LogP contribution in [0.1, 0.15) is 43.1 Å². The smallest absolute Gasteiger partial charge is 0.265 e. The third-order valence-electron chi connectivity index (χ3n) is 4.06. The molecule has 1 unspecified atom stereocenters. The van der Waals surface area contributed by atoms with Crippen molar-refractivity contribution in [2.45, 2.75) is 44.9 Å². The van der Waals surface area contributed by atoms with E-state index in [1.165, 1.54) is 0 Å². The number of sulfonamides is 1. The lowest BCUT2D eigenvalue weighted by Crippen LogP contribution is -2.16. The molecule has 5 nitrogen and oxygen atoms in total. The van der Waals surface area contributed by atoms with Crippen molar-refractivity contribution >= 4 is 15.7 Å². The summed E-state index contributed by atoms with van der Waals surface area (Å²) in [4.78, 5) is 0.258. The summed E-state index contributed by atoms with van der Waals surface area (Å²) in [6.45, 7) is 7.65. The highest BCUT2D eigenvalue weighted by atomic mass is 32.2. The average Bonchev–Trinajstić information content (AvgIpc) is 2.72. The number of hydrogen-bond acceptors (Lipinski definition) is 3. The van der Waals surface area contributed by atoms with Crippen molar-refractivity contribution in [3.8, 4) is 0 Å². The Labute approximate surface area is 132 Å². The Bertz CT molecular complexity index is 779. The molecule has 0 aliphatic carbocycles. The molecule has 22 heavy (non-hydrogen) atoms. The van der Waals surface area contributed by atoms with E-state index in [2.05, 4.69) is 23.7 Å². The second-order valence-electron chi connectivity index (χ2n) is 5.63. The van der Waals surface area contributed by atoms with Crippen LogP contribution in [0.3, 0.4) is 0 Å². The van der Waals surface area contributed by atoms with Crippen LogP contribution < -0.4 is 4.72 Å². The molecule has 0 aliphatic rings. The van der Waals surface area contributed by atoms with Gasteiger partial charge in [-0.05, 0) is 37.8 Å². The van der Waals surface area contributed by atoms with Crippen molar-refractivity contribution in [2.24, 2.45) is 7.05 Å². The number of nitrogens with zero attached hydrogens (tertiary/aromatic N) is 2. The number of para-hydroxylation sites is 1. The first-order chi connectivity index (χ1) is 10.3. The molecule has 1 atom stereocenters. The molecule has 0 spiro atoms. The van der Waals surface area contributed by atoms with Crippen LogP contribution in [-0.2, 0) is 17.1 Å². The zero-order chi connectivity index (χ0) is 16.5. The molecule has 0 bridgehead atoms. The summed E-state index contributed by atoms with van der Waals surface area (Å²) in [5.74, 6) is 0.287. The quantitative estimate of drug-likeness (QED) is 0.918. The number of nitrogens with one attached hydrogen (secondary N) is 1. The fourth-order valence-electron chi connectivity index (χ4n) is 2.58. The molecule has 0 fully saturated rings. The molecule has 1 heterocycles. The van der Waals surface area contributed by atoms with Gasteiger partial charge in [-0.25, -0.2) is 8.42 Å². The molecule has 0 saturated carbocycles. The van der Waals surface area contributed by atoms with Gasteiger partial charge < -0.3 is 0 Å². The molecule has 2 aromatic rings. The summed E-state index contributed by atoms with van der Waals surface area (Å²) in [5.41, 5.74) is 2.78. The third kappa shape index (κ3) is 3.02. The number of anilines is 1. The molecule has 0 radical (unpaired) electrons. The van der Waals surface area contributed by atoms with E-state index < -0.39 is 10.0 Å². The van der Waals surface area contributed by atoms with Gasteiger partial charge in [0, 0.05) is 7.05 Å². The molecule has 120 valence electrons. The summed E-state index contributed by atoms with van der Waals surface area (Å²) in [7, 11) is -1.91. The van der Waals surface area contributed by atoms with Crippen molar-refractivity contribution in [3.63, 3.8) is 0 Å².